The van der Waals surface area contributed by atoms with Crippen LogP contribution in [-0.2, 0) is 13.1 Å². The highest BCUT2D eigenvalue weighted by Gasteiger charge is 2.25. The number of pyridine rings is 1. The third-order valence-corrected chi connectivity index (χ3v) is 4.19. The molecule has 0 radical (unpaired) electrons. The molecule has 1 aliphatic rings. The summed E-state index contributed by atoms with van der Waals surface area (Å²) in [5.74, 6) is 0. The van der Waals surface area contributed by atoms with Crippen LogP contribution >= 0.6 is 0 Å². The van der Waals surface area contributed by atoms with Crippen LogP contribution in [0.1, 0.15) is 51.4 Å². The first-order chi connectivity index (χ1) is 9.59. The highest BCUT2D eigenvalue weighted by atomic mass is 15.1. The number of likely N-dealkylation sites (tertiary alicyclic amines) is 1. The summed E-state index contributed by atoms with van der Waals surface area (Å²) < 4.78 is 0. The number of nitrogens with one attached hydrogen (secondary N) is 1. The van der Waals surface area contributed by atoms with Gasteiger partial charge in [0.2, 0.25) is 0 Å². The number of aromatic nitrogens is 1. The Bertz CT molecular complexity index is 404. The lowest BCUT2D eigenvalue weighted by molar-refractivity contribution is 0.126. The van der Waals surface area contributed by atoms with Crippen molar-refractivity contribution in [3.05, 3.63) is 29.6 Å². The molecule has 1 aromatic heterocycles. The molecule has 1 fully saturated rings. The molecule has 0 saturated carbocycles. The Balaban J connectivity index is 1.85. The number of nitrogens with zero attached hydrogens (tertiary/aromatic N) is 2. The van der Waals surface area contributed by atoms with Crippen LogP contribution in [0, 0.1) is 5.41 Å². The van der Waals surface area contributed by atoms with Gasteiger partial charge in [0.05, 0.1) is 11.4 Å². The Kier molecular flexibility index (Phi) is 5.55. The summed E-state index contributed by atoms with van der Waals surface area (Å²) in [5, 5.41) is 3.42. The van der Waals surface area contributed by atoms with Crippen molar-refractivity contribution >= 4 is 0 Å². The lowest BCUT2D eigenvalue weighted by atomic mass is 9.83. The van der Waals surface area contributed by atoms with Crippen molar-refractivity contribution < 1.29 is 0 Å². The van der Waals surface area contributed by atoms with Gasteiger partial charge in [0.25, 0.3) is 0 Å². The molecular weight excluding hydrogens is 246 g/mol. The zero-order valence-corrected chi connectivity index (χ0v) is 13.3. The summed E-state index contributed by atoms with van der Waals surface area (Å²) in [7, 11) is 0. The van der Waals surface area contributed by atoms with Crippen LogP contribution in [0.25, 0.3) is 0 Å². The van der Waals surface area contributed by atoms with Gasteiger partial charge >= 0.3 is 0 Å². The average Bonchev–Trinajstić information content (AvgIpc) is 2.42. The normalized spacial score (nSPS) is 19.1. The minimum absolute atomic E-state index is 0.524. The number of hydrogen-bond donors (Lipinski definition) is 1. The van der Waals surface area contributed by atoms with E-state index in [0.29, 0.717) is 5.41 Å². The van der Waals surface area contributed by atoms with Crippen LogP contribution < -0.4 is 5.32 Å². The predicted molar refractivity (Wildman–Crippen MR) is 84.5 cm³/mol. The Hall–Kier alpha value is -0.930. The van der Waals surface area contributed by atoms with Gasteiger partial charge in [-0.05, 0) is 56.4 Å². The fourth-order valence-corrected chi connectivity index (χ4v) is 2.65. The maximum absolute atomic E-state index is 4.77. The molecule has 1 aliphatic heterocycles. The molecule has 0 atom stereocenters. The van der Waals surface area contributed by atoms with Crippen LogP contribution in [0.3, 0.4) is 0 Å². The van der Waals surface area contributed by atoms with Gasteiger partial charge in [-0.25, -0.2) is 0 Å². The van der Waals surface area contributed by atoms with Gasteiger partial charge in [0.15, 0.2) is 0 Å². The topological polar surface area (TPSA) is 28.2 Å². The first-order valence-electron chi connectivity index (χ1n) is 7.97. The molecule has 2 heterocycles. The highest BCUT2D eigenvalue weighted by Crippen LogP contribution is 2.30. The maximum Gasteiger partial charge on any atom is 0.0547 e. The second-order valence-electron chi connectivity index (χ2n) is 6.74. The molecule has 1 aromatic rings. The molecule has 0 bridgehead atoms. The van der Waals surface area contributed by atoms with Crippen molar-refractivity contribution in [3.8, 4) is 0 Å². The zero-order chi connectivity index (χ0) is 14.4. The Morgan fingerprint density at radius 1 is 1.20 bits per heavy atom. The minimum atomic E-state index is 0.524. The van der Waals surface area contributed by atoms with E-state index in [-0.39, 0.29) is 0 Å². The molecule has 3 heteroatoms. The lowest BCUT2D eigenvalue weighted by Crippen LogP contribution is -2.37. The number of hydrogen-bond acceptors (Lipinski definition) is 3. The molecule has 112 valence electrons. The number of rotatable bonds is 6. The Morgan fingerprint density at radius 3 is 2.60 bits per heavy atom. The summed E-state index contributed by atoms with van der Waals surface area (Å²) in [4.78, 5) is 7.31. The molecule has 3 nitrogen and oxygen atoms in total. The van der Waals surface area contributed by atoms with E-state index >= 15 is 0 Å². The van der Waals surface area contributed by atoms with E-state index < -0.39 is 0 Å². The summed E-state index contributed by atoms with van der Waals surface area (Å²) in [5.41, 5.74) is 2.89. The van der Waals surface area contributed by atoms with Crippen molar-refractivity contribution in [2.75, 3.05) is 19.6 Å². The first-order valence-corrected chi connectivity index (χ1v) is 7.97. The van der Waals surface area contributed by atoms with Gasteiger partial charge in [0, 0.05) is 13.1 Å². The molecule has 1 N–H and O–H groups in total. The van der Waals surface area contributed by atoms with E-state index in [4.69, 9.17) is 4.98 Å². The van der Waals surface area contributed by atoms with E-state index in [9.17, 15) is 0 Å². The maximum atomic E-state index is 4.77. The molecule has 0 spiro atoms. The van der Waals surface area contributed by atoms with Crippen LogP contribution in [0.4, 0.5) is 0 Å². The zero-order valence-electron chi connectivity index (χ0n) is 13.3. The van der Waals surface area contributed by atoms with Crippen molar-refractivity contribution in [1.82, 2.24) is 15.2 Å². The van der Waals surface area contributed by atoms with Gasteiger partial charge in [-0.2, -0.15) is 0 Å². The van der Waals surface area contributed by atoms with E-state index in [2.05, 4.69) is 49.2 Å². The highest BCUT2D eigenvalue weighted by molar-refractivity contribution is 5.11. The quantitative estimate of drug-likeness (QED) is 0.808. The Labute approximate surface area is 123 Å². The largest absolute Gasteiger partial charge is 0.311 e. The third kappa shape index (κ3) is 4.88. The molecular formula is C17H29N3. The summed E-state index contributed by atoms with van der Waals surface area (Å²) in [6, 6.07) is 6.41. The third-order valence-electron chi connectivity index (χ3n) is 4.19. The molecule has 2 rings (SSSR count). The van der Waals surface area contributed by atoms with Crippen LogP contribution in [0.15, 0.2) is 18.2 Å². The Morgan fingerprint density at radius 2 is 1.90 bits per heavy atom. The van der Waals surface area contributed by atoms with Crippen LogP contribution in [0.2, 0.25) is 0 Å². The predicted octanol–water partition coefficient (Wildman–Crippen LogP) is 3.20. The van der Waals surface area contributed by atoms with Gasteiger partial charge in [-0.15, -0.1) is 0 Å². The van der Waals surface area contributed by atoms with Gasteiger partial charge in [-0.3, -0.25) is 9.88 Å². The van der Waals surface area contributed by atoms with E-state index in [1.54, 1.807) is 0 Å². The first kappa shape index (κ1) is 15.5. The SMILES string of the molecule is CCCNCc1cccc(CN2CCC(C)(C)CC2)n1. The van der Waals surface area contributed by atoms with Gasteiger partial charge < -0.3 is 5.32 Å². The fourth-order valence-electron chi connectivity index (χ4n) is 2.65. The molecule has 0 aromatic carbocycles. The van der Waals surface area contributed by atoms with E-state index in [1.807, 2.05) is 0 Å². The van der Waals surface area contributed by atoms with Gasteiger partial charge in [-0.1, -0.05) is 26.8 Å². The lowest BCUT2D eigenvalue weighted by Gasteiger charge is -2.36. The second-order valence-corrected chi connectivity index (χ2v) is 6.74. The number of piperidine rings is 1. The van der Waals surface area contributed by atoms with Gasteiger partial charge in [0.1, 0.15) is 0 Å². The summed E-state index contributed by atoms with van der Waals surface area (Å²) in [6.45, 7) is 12.3. The van der Waals surface area contributed by atoms with Crippen LogP contribution in [-0.4, -0.2) is 29.5 Å². The van der Waals surface area contributed by atoms with Crippen molar-refractivity contribution in [2.24, 2.45) is 5.41 Å². The van der Waals surface area contributed by atoms with Crippen molar-refractivity contribution in [2.45, 2.75) is 53.1 Å². The van der Waals surface area contributed by atoms with Crippen molar-refractivity contribution in [1.29, 1.82) is 0 Å². The summed E-state index contributed by atoms with van der Waals surface area (Å²) >= 11 is 0. The summed E-state index contributed by atoms with van der Waals surface area (Å²) in [6.07, 6.45) is 3.76. The standard InChI is InChI=1S/C17H29N3/c1-4-10-18-13-15-6-5-7-16(19-15)14-20-11-8-17(2,3)9-12-20/h5-7,18H,4,8-14H2,1-3H3. The van der Waals surface area contributed by atoms with Crippen molar-refractivity contribution in [3.63, 3.8) is 0 Å². The smallest absolute Gasteiger partial charge is 0.0547 e. The van der Waals surface area contributed by atoms with E-state index in [1.165, 1.54) is 38.0 Å². The minimum Gasteiger partial charge on any atom is -0.311 e. The van der Waals surface area contributed by atoms with E-state index in [0.717, 1.165) is 25.3 Å². The molecule has 0 aliphatic carbocycles. The monoisotopic (exact) mass is 275 g/mol. The molecule has 1 saturated heterocycles. The van der Waals surface area contributed by atoms with Crippen LogP contribution in [0.5, 0.6) is 0 Å². The molecule has 20 heavy (non-hydrogen) atoms. The fraction of sp³-hybridized carbons (Fsp3) is 0.706. The second kappa shape index (κ2) is 7.19. The molecule has 0 amide bonds. The molecule has 0 unspecified atom stereocenters. The average molecular weight is 275 g/mol.